The average Bonchev–Trinajstić information content (AvgIpc) is 2.93. The van der Waals surface area contributed by atoms with Gasteiger partial charge in [-0.3, -0.25) is 0 Å². The number of nitrogens with two attached hydrogens (primary N) is 2. The van der Waals surface area contributed by atoms with E-state index in [0.29, 0.717) is 48.0 Å². The van der Waals surface area contributed by atoms with Crippen LogP contribution >= 0.6 is 0 Å². The van der Waals surface area contributed by atoms with Crippen LogP contribution in [0, 0.1) is 18.8 Å². The molecule has 3 aromatic rings. The summed E-state index contributed by atoms with van der Waals surface area (Å²) in [7, 11) is 0. The van der Waals surface area contributed by atoms with Crippen LogP contribution < -0.4 is 22.1 Å². The predicted octanol–water partition coefficient (Wildman–Crippen LogP) is 5.00. The van der Waals surface area contributed by atoms with Gasteiger partial charge < -0.3 is 26.8 Å². The van der Waals surface area contributed by atoms with Crippen molar-refractivity contribution in [3.63, 3.8) is 0 Å². The number of nitrogens with one attached hydrogen (secondary N) is 2. The summed E-state index contributed by atoms with van der Waals surface area (Å²) in [6.07, 6.45) is 6.40. The van der Waals surface area contributed by atoms with E-state index in [2.05, 4.69) is 39.7 Å². The van der Waals surface area contributed by atoms with Crippen molar-refractivity contribution >= 4 is 23.4 Å². The van der Waals surface area contributed by atoms with E-state index in [1.54, 1.807) is 19.2 Å². The van der Waals surface area contributed by atoms with Gasteiger partial charge in [0.15, 0.2) is 5.82 Å². The van der Waals surface area contributed by atoms with E-state index >= 15 is 0 Å². The molecular weight excluding hydrogens is 464 g/mol. The third-order valence-corrected chi connectivity index (χ3v) is 7.24. The standard InChI is InChI=1S/C29H38N6O2/c1-3-37-28(36)23-7-4-6-22(14-23)25-9-5-8-24(19(25)2)17-33-29-34-18-26(31)27(35-29)32-16-21-12-10-20(15-30)11-13-21/h4-9,14,18,20-21H,3,10-13,15-17,30-31H2,1-2H3,(H2,32,33,34,35). The molecule has 1 fully saturated rings. The van der Waals surface area contributed by atoms with Gasteiger partial charge in [-0.2, -0.15) is 4.98 Å². The molecule has 0 radical (unpaired) electrons. The number of anilines is 3. The van der Waals surface area contributed by atoms with Gasteiger partial charge in [0, 0.05) is 13.1 Å². The molecule has 0 aliphatic heterocycles. The monoisotopic (exact) mass is 502 g/mol. The number of carbonyl (C=O) groups excluding carboxylic acids is 1. The van der Waals surface area contributed by atoms with E-state index in [-0.39, 0.29) is 5.97 Å². The molecule has 0 atom stereocenters. The fourth-order valence-corrected chi connectivity index (χ4v) is 4.92. The molecule has 0 spiro atoms. The maximum Gasteiger partial charge on any atom is 0.338 e. The second-order valence-electron chi connectivity index (χ2n) is 9.75. The molecule has 1 saturated carbocycles. The Morgan fingerprint density at radius 1 is 1.08 bits per heavy atom. The molecule has 4 rings (SSSR count). The molecule has 1 heterocycles. The number of rotatable bonds is 10. The van der Waals surface area contributed by atoms with Gasteiger partial charge in [-0.05, 0) is 92.3 Å². The summed E-state index contributed by atoms with van der Waals surface area (Å²) in [4.78, 5) is 21.2. The van der Waals surface area contributed by atoms with Crippen LogP contribution in [0.15, 0.2) is 48.7 Å². The van der Waals surface area contributed by atoms with Crippen LogP contribution in [0.1, 0.15) is 54.1 Å². The first-order valence-corrected chi connectivity index (χ1v) is 13.1. The van der Waals surface area contributed by atoms with E-state index in [1.807, 2.05) is 24.3 Å². The minimum absolute atomic E-state index is 0.312. The lowest BCUT2D eigenvalue weighted by Crippen LogP contribution is -2.25. The first kappa shape index (κ1) is 26.4. The molecule has 6 N–H and O–H groups in total. The molecule has 1 aromatic heterocycles. The summed E-state index contributed by atoms with van der Waals surface area (Å²) >= 11 is 0. The lowest BCUT2D eigenvalue weighted by Gasteiger charge is -2.28. The van der Waals surface area contributed by atoms with Crippen molar-refractivity contribution in [2.75, 3.05) is 36.1 Å². The van der Waals surface area contributed by atoms with Gasteiger partial charge in [0.05, 0.1) is 24.1 Å². The van der Waals surface area contributed by atoms with E-state index in [0.717, 1.165) is 35.3 Å². The van der Waals surface area contributed by atoms with Crippen LogP contribution in [0.25, 0.3) is 11.1 Å². The van der Waals surface area contributed by atoms with Crippen molar-refractivity contribution in [3.05, 3.63) is 65.4 Å². The molecule has 0 bridgehead atoms. The van der Waals surface area contributed by atoms with Crippen molar-refractivity contribution in [1.29, 1.82) is 0 Å². The van der Waals surface area contributed by atoms with Crippen molar-refractivity contribution in [2.24, 2.45) is 17.6 Å². The highest BCUT2D eigenvalue weighted by atomic mass is 16.5. The number of nitrogens with zero attached hydrogens (tertiary/aromatic N) is 2. The van der Waals surface area contributed by atoms with Crippen molar-refractivity contribution < 1.29 is 9.53 Å². The number of ether oxygens (including phenoxy) is 1. The number of esters is 1. The van der Waals surface area contributed by atoms with Crippen molar-refractivity contribution in [3.8, 4) is 11.1 Å². The second-order valence-corrected chi connectivity index (χ2v) is 9.75. The zero-order valence-electron chi connectivity index (χ0n) is 21.8. The van der Waals surface area contributed by atoms with E-state index in [4.69, 9.17) is 16.2 Å². The third-order valence-electron chi connectivity index (χ3n) is 7.24. The van der Waals surface area contributed by atoms with Gasteiger partial charge in [-0.15, -0.1) is 0 Å². The highest BCUT2D eigenvalue weighted by molar-refractivity contribution is 5.91. The van der Waals surface area contributed by atoms with Crippen LogP contribution in [0.4, 0.5) is 17.5 Å². The summed E-state index contributed by atoms with van der Waals surface area (Å²) in [5.41, 5.74) is 17.3. The lowest BCUT2D eigenvalue weighted by molar-refractivity contribution is 0.0526. The molecular formula is C29H38N6O2. The molecule has 196 valence electrons. The Hall–Kier alpha value is -3.65. The van der Waals surface area contributed by atoms with Crippen LogP contribution in [0.3, 0.4) is 0 Å². The van der Waals surface area contributed by atoms with E-state index < -0.39 is 0 Å². The zero-order chi connectivity index (χ0) is 26.2. The number of hydrogen-bond donors (Lipinski definition) is 4. The Balaban J connectivity index is 1.41. The maximum absolute atomic E-state index is 12.2. The maximum atomic E-state index is 12.2. The minimum Gasteiger partial charge on any atom is -0.462 e. The molecule has 0 unspecified atom stereocenters. The Labute approximate surface area is 219 Å². The smallest absolute Gasteiger partial charge is 0.338 e. The lowest BCUT2D eigenvalue weighted by atomic mass is 9.82. The minimum atomic E-state index is -0.312. The Bertz CT molecular complexity index is 1210. The van der Waals surface area contributed by atoms with Gasteiger partial charge in [-0.25, -0.2) is 9.78 Å². The molecule has 2 aromatic carbocycles. The first-order valence-electron chi connectivity index (χ1n) is 13.1. The number of hydrogen-bond acceptors (Lipinski definition) is 8. The predicted molar refractivity (Wildman–Crippen MR) is 149 cm³/mol. The Morgan fingerprint density at radius 3 is 2.59 bits per heavy atom. The summed E-state index contributed by atoms with van der Waals surface area (Å²) in [5, 5.41) is 6.77. The van der Waals surface area contributed by atoms with Crippen LogP contribution in [0.2, 0.25) is 0 Å². The fourth-order valence-electron chi connectivity index (χ4n) is 4.92. The summed E-state index contributed by atoms with van der Waals surface area (Å²) in [5.74, 6) is 2.16. The van der Waals surface area contributed by atoms with Gasteiger partial charge >= 0.3 is 5.97 Å². The van der Waals surface area contributed by atoms with E-state index in [1.165, 1.54) is 25.7 Å². The SMILES string of the molecule is CCOC(=O)c1cccc(-c2cccc(CNc3ncc(N)c(NCC4CCC(CN)CC4)n3)c2C)c1. The van der Waals surface area contributed by atoms with Gasteiger partial charge in [0.25, 0.3) is 0 Å². The Morgan fingerprint density at radius 2 is 1.84 bits per heavy atom. The normalized spacial score (nSPS) is 17.3. The van der Waals surface area contributed by atoms with Crippen LogP contribution in [-0.2, 0) is 11.3 Å². The highest BCUT2D eigenvalue weighted by Gasteiger charge is 2.20. The number of carbonyl (C=O) groups is 1. The van der Waals surface area contributed by atoms with Gasteiger partial charge in [-0.1, -0.05) is 30.3 Å². The molecule has 8 nitrogen and oxygen atoms in total. The van der Waals surface area contributed by atoms with Gasteiger partial charge in [0.1, 0.15) is 0 Å². The molecule has 0 amide bonds. The highest BCUT2D eigenvalue weighted by Crippen LogP contribution is 2.29. The first-order chi connectivity index (χ1) is 18.0. The molecule has 8 heteroatoms. The molecule has 1 aliphatic carbocycles. The third kappa shape index (κ3) is 6.77. The number of nitrogen functional groups attached to an aromatic ring is 1. The Kier molecular flexibility index (Phi) is 8.95. The number of aromatic nitrogens is 2. The van der Waals surface area contributed by atoms with Gasteiger partial charge in [0.2, 0.25) is 5.95 Å². The number of benzene rings is 2. The quantitative estimate of drug-likeness (QED) is 0.285. The molecule has 1 aliphatic rings. The molecule has 37 heavy (non-hydrogen) atoms. The summed E-state index contributed by atoms with van der Waals surface area (Å²) in [6.45, 7) is 6.44. The summed E-state index contributed by atoms with van der Waals surface area (Å²) in [6, 6.07) is 13.7. The summed E-state index contributed by atoms with van der Waals surface area (Å²) < 4.78 is 5.16. The van der Waals surface area contributed by atoms with Crippen molar-refractivity contribution in [2.45, 2.75) is 46.1 Å². The largest absolute Gasteiger partial charge is 0.462 e. The molecule has 0 saturated heterocycles. The van der Waals surface area contributed by atoms with Crippen LogP contribution in [0.5, 0.6) is 0 Å². The second kappa shape index (κ2) is 12.5. The average molecular weight is 503 g/mol. The topological polar surface area (TPSA) is 128 Å². The van der Waals surface area contributed by atoms with Crippen LogP contribution in [-0.4, -0.2) is 35.6 Å². The fraction of sp³-hybridized carbons (Fsp3) is 0.414. The van der Waals surface area contributed by atoms with Crippen molar-refractivity contribution in [1.82, 2.24) is 9.97 Å². The zero-order valence-corrected chi connectivity index (χ0v) is 21.8. The van der Waals surface area contributed by atoms with E-state index in [9.17, 15) is 4.79 Å².